The second-order valence-corrected chi connectivity index (χ2v) is 4.94. The standard InChI is InChI=1S/C11H10BrClFN3/c1-2-9(13)10-6-17(16-15-10)11-4-3-7(14)5-8(11)12/h3-6,9H,2H2,1H3. The molecule has 1 aromatic carbocycles. The lowest BCUT2D eigenvalue weighted by Gasteiger charge is -2.03. The van der Waals surface area contributed by atoms with Crippen LogP contribution in [0.1, 0.15) is 24.4 Å². The number of hydrogen-bond acceptors (Lipinski definition) is 2. The molecule has 0 spiro atoms. The lowest BCUT2D eigenvalue weighted by atomic mass is 10.2. The van der Waals surface area contributed by atoms with E-state index in [1.165, 1.54) is 12.1 Å². The van der Waals surface area contributed by atoms with Gasteiger partial charge in [-0.2, -0.15) is 0 Å². The van der Waals surface area contributed by atoms with E-state index in [2.05, 4.69) is 26.2 Å². The summed E-state index contributed by atoms with van der Waals surface area (Å²) >= 11 is 9.35. The molecule has 1 atom stereocenters. The van der Waals surface area contributed by atoms with Gasteiger partial charge in [-0.1, -0.05) is 12.1 Å². The lowest BCUT2D eigenvalue weighted by Crippen LogP contribution is -1.96. The van der Waals surface area contributed by atoms with Crippen LogP contribution in [0.25, 0.3) is 5.69 Å². The molecule has 6 heteroatoms. The van der Waals surface area contributed by atoms with Crippen molar-refractivity contribution in [3.8, 4) is 5.69 Å². The summed E-state index contributed by atoms with van der Waals surface area (Å²) in [5.41, 5.74) is 1.44. The second kappa shape index (κ2) is 5.14. The SMILES string of the molecule is CCC(Cl)c1cn(-c2ccc(F)cc2Br)nn1. The summed E-state index contributed by atoms with van der Waals surface area (Å²) in [6.07, 6.45) is 2.53. The molecule has 3 nitrogen and oxygen atoms in total. The molecule has 0 saturated heterocycles. The topological polar surface area (TPSA) is 30.7 Å². The quantitative estimate of drug-likeness (QED) is 0.805. The van der Waals surface area contributed by atoms with Crippen LogP contribution in [0, 0.1) is 5.82 Å². The molecule has 0 fully saturated rings. The Hall–Kier alpha value is -0.940. The molecule has 0 N–H and O–H groups in total. The molecule has 17 heavy (non-hydrogen) atoms. The first-order valence-corrected chi connectivity index (χ1v) is 6.36. The molecular weight excluding hydrogens is 308 g/mol. The van der Waals surface area contributed by atoms with E-state index >= 15 is 0 Å². The van der Waals surface area contributed by atoms with Crippen molar-refractivity contribution in [2.75, 3.05) is 0 Å². The molecule has 1 heterocycles. The number of hydrogen-bond donors (Lipinski definition) is 0. The molecule has 0 saturated carbocycles. The maximum absolute atomic E-state index is 13.0. The highest BCUT2D eigenvalue weighted by Gasteiger charge is 2.12. The van der Waals surface area contributed by atoms with Crippen molar-refractivity contribution < 1.29 is 4.39 Å². The number of benzene rings is 1. The van der Waals surface area contributed by atoms with E-state index in [9.17, 15) is 4.39 Å². The van der Waals surface area contributed by atoms with Crippen LogP contribution in [0.3, 0.4) is 0 Å². The highest BCUT2D eigenvalue weighted by Crippen LogP contribution is 2.25. The van der Waals surface area contributed by atoms with Gasteiger partial charge >= 0.3 is 0 Å². The van der Waals surface area contributed by atoms with Crippen molar-refractivity contribution >= 4 is 27.5 Å². The number of halogens is 3. The first-order valence-electron chi connectivity index (χ1n) is 5.13. The van der Waals surface area contributed by atoms with Gasteiger partial charge in [-0.15, -0.1) is 16.7 Å². The molecule has 0 aliphatic rings. The highest BCUT2D eigenvalue weighted by atomic mass is 79.9. The van der Waals surface area contributed by atoms with E-state index < -0.39 is 0 Å². The second-order valence-electron chi connectivity index (χ2n) is 3.56. The van der Waals surface area contributed by atoms with Gasteiger partial charge in [0, 0.05) is 4.47 Å². The summed E-state index contributed by atoms with van der Waals surface area (Å²) in [5, 5.41) is 7.82. The van der Waals surface area contributed by atoms with Crippen molar-refractivity contribution in [2.24, 2.45) is 0 Å². The predicted molar refractivity (Wildman–Crippen MR) is 67.9 cm³/mol. The minimum Gasteiger partial charge on any atom is -0.219 e. The molecule has 2 aromatic rings. The number of rotatable bonds is 3. The van der Waals surface area contributed by atoms with Gasteiger partial charge < -0.3 is 0 Å². The van der Waals surface area contributed by atoms with Gasteiger partial charge in [-0.3, -0.25) is 0 Å². The molecule has 0 radical (unpaired) electrons. The smallest absolute Gasteiger partial charge is 0.124 e. The Morgan fingerprint density at radius 1 is 1.53 bits per heavy atom. The van der Waals surface area contributed by atoms with Crippen LogP contribution in [0.5, 0.6) is 0 Å². The molecule has 0 amide bonds. The minimum absolute atomic E-state index is 0.150. The van der Waals surface area contributed by atoms with Gasteiger partial charge in [0.2, 0.25) is 0 Å². The molecule has 2 rings (SSSR count). The van der Waals surface area contributed by atoms with Gasteiger partial charge in [0.1, 0.15) is 11.5 Å². The van der Waals surface area contributed by atoms with Crippen molar-refractivity contribution in [3.05, 3.63) is 40.4 Å². The van der Waals surface area contributed by atoms with Crippen LogP contribution in [0.2, 0.25) is 0 Å². The van der Waals surface area contributed by atoms with Gasteiger partial charge in [0.25, 0.3) is 0 Å². The third-order valence-corrected chi connectivity index (χ3v) is 3.51. The zero-order valence-electron chi connectivity index (χ0n) is 9.07. The monoisotopic (exact) mass is 317 g/mol. The molecule has 0 bridgehead atoms. The molecular formula is C11H10BrClFN3. The Morgan fingerprint density at radius 3 is 2.94 bits per heavy atom. The number of nitrogens with zero attached hydrogens (tertiary/aromatic N) is 3. The van der Waals surface area contributed by atoms with E-state index in [1.807, 2.05) is 6.92 Å². The third kappa shape index (κ3) is 2.66. The lowest BCUT2D eigenvalue weighted by molar-refractivity contribution is 0.625. The van der Waals surface area contributed by atoms with Crippen molar-refractivity contribution in [1.29, 1.82) is 0 Å². The van der Waals surface area contributed by atoms with E-state index in [-0.39, 0.29) is 11.2 Å². The van der Waals surface area contributed by atoms with E-state index in [1.54, 1.807) is 16.9 Å². The highest BCUT2D eigenvalue weighted by molar-refractivity contribution is 9.10. The van der Waals surface area contributed by atoms with Crippen molar-refractivity contribution in [2.45, 2.75) is 18.7 Å². The minimum atomic E-state index is -0.301. The van der Waals surface area contributed by atoms with Crippen molar-refractivity contribution in [3.63, 3.8) is 0 Å². The Bertz CT molecular complexity index is 529. The largest absolute Gasteiger partial charge is 0.219 e. The summed E-state index contributed by atoms with van der Waals surface area (Å²) in [7, 11) is 0. The van der Waals surface area contributed by atoms with Gasteiger partial charge in [-0.05, 0) is 40.5 Å². The van der Waals surface area contributed by atoms with E-state index in [0.717, 1.165) is 12.1 Å². The Balaban J connectivity index is 2.37. The molecule has 0 aliphatic carbocycles. The molecule has 1 unspecified atom stereocenters. The normalized spacial score (nSPS) is 12.7. The molecule has 0 aliphatic heterocycles. The Labute approximate surface area is 112 Å². The van der Waals surface area contributed by atoms with Gasteiger partial charge in [0.05, 0.1) is 17.3 Å². The van der Waals surface area contributed by atoms with Crippen LogP contribution < -0.4 is 0 Å². The fraction of sp³-hybridized carbons (Fsp3) is 0.273. The van der Waals surface area contributed by atoms with Crippen LogP contribution >= 0.6 is 27.5 Å². The van der Waals surface area contributed by atoms with Gasteiger partial charge in [-0.25, -0.2) is 9.07 Å². The zero-order valence-corrected chi connectivity index (χ0v) is 11.4. The van der Waals surface area contributed by atoms with E-state index in [4.69, 9.17) is 11.6 Å². The van der Waals surface area contributed by atoms with Crippen LogP contribution in [0.15, 0.2) is 28.9 Å². The zero-order chi connectivity index (χ0) is 12.4. The number of alkyl halides is 1. The van der Waals surface area contributed by atoms with E-state index in [0.29, 0.717) is 10.2 Å². The Kier molecular flexibility index (Phi) is 3.79. The van der Waals surface area contributed by atoms with Crippen molar-refractivity contribution in [1.82, 2.24) is 15.0 Å². The van der Waals surface area contributed by atoms with Crippen LogP contribution in [0.4, 0.5) is 4.39 Å². The maximum atomic E-state index is 13.0. The summed E-state index contributed by atoms with van der Waals surface area (Å²) in [6, 6.07) is 4.39. The Morgan fingerprint density at radius 2 is 2.29 bits per heavy atom. The average Bonchev–Trinajstić information content (AvgIpc) is 2.77. The average molecular weight is 319 g/mol. The van der Waals surface area contributed by atoms with Crippen LogP contribution in [-0.2, 0) is 0 Å². The fourth-order valence-corrected chi connectivity index (χ4v) is 2.05. The molecule has 90 valence electrons. The summed E-state index contributed by atoms with van der Waals surface area (Å²) in [5.74, 6) is -0.301. The van der Waals surface area contributed by atoms with Gasteiger partial charge in [0.15, 0.2) is 0 Å². The predicted octanol–water partition coefficient (Wildman–Crippen LogP) is 3.86. The van der Waals surface area contributed by atoms with Crippen LogP contribution in [-0.4, -0.2) is 15.0 Å². The molecule has 1 aromatic heterocycles. The summed E-state index contributed by atoms with van der Waals surface area (Å²) in [4.78, 5) is 0. The summed E-state index contributed by atoms with van der Waals surface area (Å²) in [6.45, 7) is 1.98. The first-order chi connectivity index (χ1) is 8.11. The third-order valence-electron chi connectivity index (χ3n) is 2.35. The number of aromatic nitrogens is 3. The first kappa shape index (κ1) is 12.5. The maximum Gasteiger partial charge on any atom is 0.124 e. The summed E-state index contributed by atoms with van der Waals surface area (Å²) < 4.78 is 15.1. The fourth-order valence-electron chi connectivity index (χ4n) is 1.41.